The Morgan fingerprint density at radius 1 is 0.708 bits per heavy atom. The van der Waals surface area contributed by atoms with Crippen molar-refractivity contribution in [3.05, 3.63) is 0 Å². The lowest BCUT2D eigenvalue weighted by Gasteiger charge is -2.46. The lowest BCUT2D eigenvalue weighted by Crippen LogP contribution is -2.55. The number of epoxide rings is 3. The Hall–Kier alpha value is -0.240. The van der Waals surface area contributed by atoms with Crippen LogP contribution in [0.5, 0.6) is 0 Å². The van der Waals surface area contributed by atoms with Crippen molar-refractivity contribution in [2.24, 2.45) is 0 Å². The van der Waals surface area contributed by atoms with Gasteiger partial charge in [-0.15, -0.1) is 0 Å². The van der Waals surface area contributed by atoms with Gasteiger partial charge in [0.2, 0.25) is 0 Å². The maximum atomic E-state index is 5.84. The van der Waals surface area contributed by atoms with Gasteiger partial charge in [-0.1, -0.05) is 6.42 Å². The van der Waals surface area contributed by atoms with Crippen LogP contribution in [0.15, 0.2) is 0 Å². The van der Waals surface area contributed by atoms with Gasteiger partial charge in [-0.2, -0.15) is 0 Å². The molecule has 136 valence electrons. The molecule has 0 bridgehead atoms. The fourth-order valence-corrected chi connectivity index (χ4v) is 4.41. The Kier molecular flexibility index (Phi) is 4.54. The second-order valence-electron chi connectivity index (χ2n) is 8.11. The Morgan fingerprint density at radius 2 is 1.29 bits per heavy atom. The fourth-order valence-electron chi connectivity index (χ4n) is 4.41. The van der Waals surface area contributed by atoms with Crippen LogP contribution in [-0.2, 0) is 18.9 Å². The minimum absolute atomic E-state index is 0.338. The van der Waals surface area contributed by atoms with Crippen molar-refractivity contribution in [3.8, 4) is 0 Å². The first-order chi connectivity index (χ1) is 11.8. The molecule has 5 aliphatic rings. The van der Waals surface area contributed by atoms with E-state index in [1.165, 1.54) is 32.1 Å². The number of rotatable bonds is 9. The van der Waals surface area contributed by atoms with E-state index in [4.69, 9.17) is 18.9 Å². The molecule has 5 fully saturated rings. The van der Waals surface area contributed by atoms with Crippen molar-refractivity contribution < 1.29 is 18.9 Å². The predicted octanol–water partition coefficient (Wildman–Crippen LogP) is 0.844. The van der Waals surface area contributed by atoms with Crippen molar-refractivity contribution in [1.82, 2.24) is 9.80 Å². The van der Waals surface area contributed by atoms with Gasteiger partial charge in [0, 0.05) is 38.1 Å². The zero-order valence-electron chi connectivity index (χ0n) is 14.5. The van der Waals surface area contributed by atoms with Crippen LogP contribution in [0.25, 0.3) is 0 Å². The van der Waals surface area contributed by atoms with Crippen molar-refractivity contribution >= 4 is 0 Å². The van der Waals surface area contributed by atoms with Gasteiger partial charge in [-0.3, -0.25) is 9.80 Å². The van der Waals surface area contributed by atoms with E-state index in [0.29, 0.717) is 36.6 Å². The summed E-state index contributed by atoms with van der Waals surface area (Å²) in [7, 11) is 0. The van der Waals surface area contributed by atoms with Gasteiger partial charge >= 0.3 is 0 Å². The Bertz CT molecular complexity index is 421. The average Bonchev–Trinajstić information content (AvgIpc) is 3.39. The molecule has 6 heteroatoms. The zero-order chi connectivity index (χ0) is 15.9. The molecule has 1 aliphatic carbocycles. The normalized spacial score (nSPS) is 43.8. The highest BCUT2D eigenvalue weighted by Gasteiger charge is 2.41. The maximum absolute atomic E-state index is 5.84. The molecular weight excluding hydrogens is 308 g/mol. The van der Waals surface area contributed by atoms with Crippen LogP contribution in [-0.4, -0.2) is 92.5 Å². The third-order valence-corrected chi connectivity index (χ3v) is 6.15. The van der Waals surface area contributed by atoms with Crippen LogP contribution >= 0.6 is 0 Å². The van der Waals surface area contributed by atoms with Crippen LogP contribution < -0.4 is 0 Å². The first-order valence-electron chi connectivity index (χ1n) is 9.81. The summed E-state index contributed by atoms with van der Waals surface area (Å²) < 4.78 is 22.3. The van der Waals surface area contributed by atoms with Crippen molar-refractivity contribution in [1.29, 1.82) is 0 Å². The van der Waals surface area contributed by atoms with E-state index >= 15 is 0 Å². The topological polar surface area (TPSA) is 53.3 Å². The van der Waals surface area contributed by atoms with Gasteiger partial charge in [0.1, 0.15) is 6.23 Å². The van der Waals surface area contributed by atoms with E-state index in [1.54, 1.807) is 0 Å². The van der Waals surface area contributed by atoms with E-state index < -0.39 is 0 Å². The van der Waals surface area contributed by atoms with E-state index in [1.807, 2.05) is 0 Å². The van der Waals surface area contributed by atoms with Gasteiger partial charge in [0.05, 0.1) is 44.7 Å². The molecule has 0 aromatic rings. The molecule has 6 nitrogen and oxygen atoms in total. The molecule has 0 N–H and O–H groups in total. The molecule has 6 atom stereocenters. The third-order valence-electron chi connectivity index (χ3n) is 6.15. The third kappa shape index (κ3) is 3.94. The lowest BCUT2D eigenvalue weighted by atomic mass is 9.88. The van der Waals surface area contributed by atoms with Crippen molar-refractivity contribution in [2.45, 2.75) is 68.7 Å². The smallest absolute Gasteiger partial charge is 0.113 e. The van der Waals surface area contributed by atoms with E-state index in [2.05, 4.69) is 9.80 Å². The zero-order valence-corrected chi connectivity index (χ0v) is 14.5. The first kappa shape index (κ1) is 16.0. The van der Waals surface area contributed by atoms with Gasteiger partial charge in [-0.05, 0) is 19.3 Å². The van der Waals surface area contributed by atoms with Crippen LogP contribution in [0.3, 0.4) is 0 Å². The van der Waals surface area contributed by atoms with Crippen LogP contribution in [0, 0.1) is 0 Å². The minimum atomic E-state index is 0.338. The summed E-state index contributed by atoms with van der Waals surface area (Å²) in [6, 6.07) is 1.31. The standard InChI is InChI=1S/C18H30N2O4/c1-2-13(19(7-15-10-22-15)8-16-11-23-16)6-14(3-1)20(9-17-12-24-17)18-4-5-21-18/h13-18H,1-12H2. The summed E-state index contributed by atoms with van der Waals surface area (Å²) in [5, 5.41) is 0. The van der Waals surface area contributed by atoms with E-state index in [-0.39, 0.29) is 0 Å². The molecule has 4 aliphatic heterocycles. The van der Waals surface area contributed by atoms with Crippen LogP contribution in [0.4, 0.5) is 0 Å². The Balaban J connectivity index is 1.22. The molecule has 0 amide bonds. The molecule has 0 spiro atoms. The highest BCUT2D eigenvalue weighted by molar-refractivity contribution is 4.92. The minimum Gasteiger partial charge on any atom is -0.372 e. The monoisotopic (exact) mass is 338 g/mol. The molecule has 0 aromatic heterocycles. The molecular formula is C18H30N2O4. The molecule has 0 radical (unpaired) electrons. The largest absolute Gasteiger partial charge is 0.372 e. The lowest BCUT2D eigenvalue weighted by molar-refractivity contribution is -0.165. The second-order valence-corrected chi connectivity index (χ2v) is 8.11. The molecule has 1 saturated carbocycles. The summed E-state index contributed by atoms with van der Waals surface area (Å²) in [6.45, 7) is 6.97. The first-order valence-corrected chi connectivity index (χ1v) is 9.81. The summed E-state index contributed by atoms with van der Waals surface area (Å²) in [4.78, 5) is 5.28. The molecule has 0 aromatic carbocycles. The highest BCUT2D eigenvalue weighted by Crippen LogP contribution is 2.33. The molecule has 6 unspecified atom stereocenters. The molecule has 5 rings (SSSR count). The number of ether oxygens (including phenoxy) is 4. The van der Waals surface area contributed by atoms with Crippen LogP contribution in [0.2, 0.25) is 0 Å². The van der Waals surface area contributed by atoms with Crippen LogP contribution in [0.1, 0.15) is 32.1 Å². The summed E-state index contributed by atoms with van der Waals surface area (Å²) >= 11 is 0. The number of nitrogens with zero attached hydrogens (tertiary/aromatic N) is 2. The van der Waals surface area contributed by atoms with Gasteiger partial charge in [0.25, 0.3) is 0 Å². The van der Waals surface area contributed by atoms with Gasteiger partial charge in [0.15, 0.2) is 0 Å². The predicted molar refractivity (Wildman–Crippen MR) is 87.9 cm³/mol. The Labute approximate surface area is 144 Å². The Morgan fingerprint density at radius 3 is 1.83 bits per heavy atom. The summed E-state index contributed by atoms with van der Waals surface area (Å²) in [5.74, 6) is 0. The average molecular weight is 338 g/mol. The van der Waals surface area contributed by atoms with Crippen molar-refractivity contribution in [3.63, 3.8) is 0 Å². The van der Waals surface area contributed by atoms with E-state index in [9.17, 15) is 0 Å². The van der Waals surface area contributed by atoms with Gasteiger partial charge < -0.3 is 18.9 Å². The second kappa shape index (κ2) is 6.82. The fraction of sp³-hybridized carbons (Fsp3) is 1.00. The molecule has 4 saturated heterocycles. The van der Waals surface area contributed by atoms with Crippen molar-refractivity contribution in [2.75, 3.05) is 46.1 Å². The number of hydrogen-bond donors (Lipinski definition) is 0. The van der Waals surface area contributed by atoms with Gasteiger partial charge in [-0.25, -0.2) is 0 Å². The summed E-state index contributed by atoms with van der Waals surface area (Å²) in [6.07, 6.45) is 8.10. The maximum Gasteiger partial charge on any atom is 0.113 e. The SMILES string of the molecule is C1CC(N(CC2CO2)CC2CO2)CC(N(CC2CO2)C2CCO2)C1. The summed E-state index contributed by atoms with van der Waals surface area (Å²) in [5.41, 5.74) is 0. The highest BCUT2D eigenvalue weighted by atomic mass is 16.6. The van der Waals surface area contributed by atoms with E-state index in [0.717, 1.165) is 46.1 Å². The molecule has 4 heterocycles. The quantitative estimate of drug-likeness (QED) is 0.581. The number of hydrogen-bond acceptors (Lipinski definition) is 6. The molecule has 24 heavy (non-hydrogen) atoms.